The van der Waals surface area contributed by atoms with Crippen molar-refractivity contribution in [1.82, 2.24) is 14.5 Å². The van der Waals surface area contributed by atoms with E-state index in [2.05, 4.69) is 11.1 Å². The number of carbonyl (C=O) groups excluding carboxylic acids is 1. The van der Waals surface area contributed by atoms with Crippen molar-refractivity contribution in [2.45, 2.75) is 64.0 Å². The van der Waals surface area contributed by atoms with Crippen LogP contribution in [0.25, 0.3) is 10.2 Å². The van der Waals surface area contributed by atoms with E-state index in [0.717, 1.165) is 61.0 Å². The number of hydrogen-bond acceptors (Lipinski definition) is 5. The summed E-state index contributed by atoms with van der Waals surface area (Å²) < 4.78 is 6.97. The summed E-state index contributed by atoms with van der Waals surface area (Å²) in [7, 11) is 1.67. The Morgan fingerprint density at radius 1 is 1.25 bits per heavy atom. The fraction of sp³-hybridized carbons (Fsp3) is 0.480. The third kappa shape index (κ3) is 4.06. The molecule has 1 atom stereocenters. The van der Waals surface area contributed by atoms with Gasteiger partial charge in [-0.1, -0.05) is 12.1 Å². The number of nitrogens with zero attached hydrogens (tertiary/aromatic N) is 3. The van der Waals surface area contributed by atoms with Crippen LogP contribution >= 0.6 is 11.3 Å². The molecular weight excluding hydrogens is 422 g/mol. The fourth-order valence-corrected chi connectivity index (χ4v) is 6.37. The molecule has 0 N–H and O–H groups in total. The summed E-state index contributed by atoms with van der Waals surface area (Å²) in [5.41, 5.74) is 2.39. The predicted octanol–water partition coefficient (Wildman–Crippen LogP) is 3.97. The van der Waals surface area contributed by atoms with E-state index >= 15 is 0 Å². The molecule has 3 aromatic rings. The summed E-state index contributed by atoms with van der Waals surface area (Å²) >= 11 is 1.66. The normalized spacial score (nSPS) is 18.2. The zero-order valence-corrected chi connectivity index (χ0v) is 19.3. The molecule has 3 heterocycles. The SMILES string of the molecule is COc1cccc(CC2CCCN2C(=O)CCn2cnc3sc4c(c3c2=O)CCCC4)c1. The first-order chi connectivity index (χ1) is 15.6. The van der Waals surface area contributed by atoms with Crippen molar-refractivity contribution in [1.29, 1.82) is 0 Å². The van der Waals surface area contributed by atoms with E-state index in [4.69, 9.17) is 4.74 Å². The van der Waals surface area contributed by atoms with Crippen LogP contribution in [0, 0.1) is 0 Å². The van der Waals surface area contributed by atoms with E-state index in [0.29, 0.717) is 13.0 Å². The molecule has 5 rings (SSSR count). The summed E-state index contributed by atoms with van der Waals surface area (Å²) in [6.45, 7) is 1.17. The minimum atomic E-state index is 0.0107. The molecule has 1 amide bonds. The number of aryl methyl sites for hydroxylation is 3. The third-order valence-corrected chi connectivity index (χ3v) is 8.01. The molecule has 7 heteroatoms. The second-order valence-corrected chi connectivity index (χ2v) is 9.91. The lowest BCUT2D eigenvalue weighted by atomic mass is 9.97. The van der Waals surface area contributed by atoms with Gasteiger partial charge in [0.15, 0.2) is 0 Å². The van der Waals surface area contributed by atoms with Gasteiger partial charge in [-0.25, -0.2) is 4.98 Å². The highest BCUT2D eigenvalue weighted by Gasteiger charge is 2.29. The first-order valence-corrected chi connectivity index (χ1v) is 12.4. The third-order valence-electron chi connectivity index (χ3n) is 6.81. The Hall–Kier alpha value is -2.67. The molecule has 0 saturated carbocycles. The number of likely N-dealkylation sites (tertiary alicyclic amines) is 1. The Bertz CT molecular complexity index is 1200. The van der Waals surface area contributed by atoms with Crippen molar-refractivity contribution in [2.75, 3.05) is 13.7 Å². The van der Waals surface area contributed by atoms with Crippen LogP contribution in [0.5, 0.6) is 5.75 Å². The van der Waals surface area contributed by atoms with E-state index in [9.17, 15) is 9.59 Å². The summed E-state index contributed by atoms with van der Waals surface area (Å²) in [4.78, 5) is 34.9. The molecule has 2 aliphatic rings. The van der Waals surface area contributed by atoms with Gasteiger partial charge in [-0.3, -0.25) is 14.2 Å². The largest absolute Gasteiger partial charge is 0.497 e. The van der Waals surface area contributed by atoms with Gasteiger partial charge in [0, 0.05) is 30.4 Å². The minimum Gasteiger partial charge on any atom is -0.497 e. The molecule has 1 aliphatic heterocycles. The van der Waals surface area contributed by atoms with Crippen molar-refractivity contribution in [3.8, 4) is 5.75 Å². The van der Waals surface area contributed by atoms with E-state index in [-0.39, 0.29) is 17.5 Å². The Kier molecular flexibility index (Phi) is 6.00. The summed E-state index contributed by atoms with van der Waals surface area (Å²) in [6.07, 6.45) is 9.16. The first-order valence-electron chi connectivity index (χ1n) is 11.6. The number of ether oxygens (including phenoxy) is 1. The maximum atomic E-state index is 13.2. The van der Waals surface area contributed by atoms with Gasteiger partial charge in [0.25, 0.3) is 5.56 Å². The van der Waals surface area contributed by atoms with Gasteiger partial charge in [-0.2, -0.15) is 0 Å². The van der Waals surface area contributed by atoms with Gasteiger partial charge in [-0.05, 0) is 68.2 Å². The standard InChI is InChI=1S/C25H29N3O3S/c1-31-19-8-4-6-17(15-19)14-18-7-5-12-28(18)22(29)11-13-27-16-26-24-23(25(27)30)20-9-2-3-10-21(20)32-24/h4,6,8,15-16,18H,2-3,5,7,9-14H2,1H3. The number of methoxy groups -OCH3 is 1. The zero-order valence-electron chi connectivity index (χ0n) is 18.5. The number of aromatic nitrogens is 2. The van der Waals surface area contributed by atoms with Crippen LogP contribution in [-0.4, -0.2) is 40.1 Å². The van der Waals surface area contributed by atoms with E-state index in [1.165, 1.54) is 22.4 Å². The van der Waals surface area contributed by atoms with Crippen molar-refractivity contribution in [3.63, 3.8) is 0 Å². The van der Waals surface area contributed by atoms with Crippen molar-refractivity contribution >= 4 is 27.5 Å². The summed E-state index contributed by atoms with van der Waals surface area (Å²) in [6, 6.07) is 8.27. The lowest BCUT2D eigenvalue weighted by molar-refractivity contribution is -0.132. The van der Waals surface area contributed by atoms with Gasteiger partial charge >= 0.3 is 0 Å². The molecular formula is C25H29N3O3S. The Morgan fingerprint density at radius 2 is 2.12 bits per heavy atom. The molecule has 168 valence electrons. The van der Waals surface area contributed by atoms with Crippen LogP contribution in [-0.2, 0) is 30.6 Å². The number of benzene rings is 1. The average molecular weight is 452 g/mol. The van der Waals surface area contributed by atoms with Gasteiger partial charge in [0.1, 0.15) is 10.6 Å². The van der Waals surface area contributed by atoms with Crippen molar-refractivity contribution < 1.29 is 9.53 Å². The highest BCUT2D eigenvalue weighted by Crippen LogP contribution is 2.33. The van der Waals surface area contributed by atoms with E-state index in [1.54, 1.807) is 29.3 Å². The maximum Gasteiger partial charge on any atom is 0.262 e. The number of fused-ring (bicyclic) bond motifs is 3. The zero-order chi connectivity index (χ0) is 22.1. The summed E-state index contributed by atoms with van der Waals surface area (Å²) in [5.74, 6) is 0.964. The number of hydrogen-bond donors (Lipinski definition) is 0. The molecule has 1 fully saturated rings. The quantitative estimate of drug-likeness (QED) is 0.569. The Balaban J connectivity index is 1.28. The van der Waals surface area contributed by atoms with Crippen LogP contribution in [0.1, 0.15) is 48.1 Å². The lowest BCUT2D eigenvalue weighted by Gasteiger charge is -2.25. The minimum absolute atomic E-state index is 0.0107. The number of amides is 1. The molecule has 1 aromatic carbocycles. The number of carbonyl (C=O) groups is 1. The molecule has 1 aliphatic carbocycles. The lowest BCUT2D eigenvalue weighted by Crippen LogP contribution is -2.37. The highest BCUT2D eigenvalue weighted by molar-refractivity contribution is 7.18. The first kappa shape index (κ1) is 21.2. The molecule has 6 nitrogen and oxygen atoms in total. The number of thiophene rings is 1. The second-order valence-electron chi connectivity index (χ2n) is 8.82. The molecule has 1 saturated heterocycles. The van der Waals surface area contributed by atoms with Crippen LogP contribution in [0.3, 0.4) is 0 Å². The van der Waals surface area contributed by atoms with Gasteiger partial charge in [0.05, 0.1) is 18.8 Å². The molecule has 0 radical (unpaired) electrons. The fourth-order valence-electron chi connectivity index (χ4n) is 5.15. The summed E-state index contributed by atoms with van der Waals surface area (Å²) in [5, 5.41) is 0.789. The van der Waals surface area contributed by atoms with Gasteiger partial charge < -0.3 is 9.64 Å². The van der Waals surface area contributed by atoms with E-state index in [1.807, 2.05) is 23.1 Å². The van der Waals surface area contributed by atoms with Crippen LogP contribution in [0.4, 0.5) is 0 Å². The monoisotopic (exact) mass is 451 g/mol. The van der Waals surface area contributed by atoms with Gasteiger partial charge in [-0.15, -0.1) is 11.3 Å². The molecule has 2 aromatic heterocycles. The number of rotatable bonds is 6. The van der Waals surface area contributed by atoms with E-state index < -0.39 is 0 Å². The smallest absolute Gasteiger partial charge is 0.262 e. The average Bonchev–Trinajstić information content (AvgIpc) is 3.43. The van der Waals surface area contributed by atoms with Gasteiger partial charge in [0.2, 0.25) is 5.91 Å². The second kappa shape index (κ2) is 9.06. The van der Waals surface area contributed by atoms with Crippen molar-refractivity contribution in [3.05, 3.63) is 57.0 Å². The predicted molar refractivity (Wildman–Crippen MR) is 127 cm³/mol. The Labute approximate surface area is 191 Å². The highest BCUT2D eigenvalue weighted by atomic mass is 32.1. The van der Waals surface area contributed by atoms with Crippen LogP contribution < -0.4 is 10.3 Å². The molecule has 0 bridgehead atoms. The Morgan fingerprint density at radius 3 is 3.00 bits per heavy atom. The molecule has 32 heavy (non-hydrogen) atoms. The van der Waals surface area contributed by atoms with Crippen LogP contribution in [0.2, 0.25) is 0 Å². The molecule has 1 unspecified atom stereocenters. The maximum absolute atomic E-state index is 13.2. The molecule has 0 spiro atoms. The van der Waals surface area contributed by atoms with Crippen LogP contribution in [0.15, 0.2) is 35.4 Å². The topological polar surface area (TPSA) is 64.4 Å². The van der Waals surface area contributed by atoms with Crippen molar-refractivity contribution in [2.24, 2.45) is 0 Å².